The van der Waals surface area contributed by atoms with Crippen molar-refractivity contribution in [3.8, 4) is 5.88 Å². The lowest BCUT2D eigenvalue weighted by Crippen LogP contribution is -2.39. The van der Waals surface area contributed by atoms with Crippen LogP contribution in [0, 0.1) is 5.92 Å². The van der Waals surface area contributed by atoms with Crippen molar-refractivity contribution in [2.45, 2.75) is 38.6 Å². The third-order valence-corrected chi connectivity index (χ3v) is 5.01. The number of halogens is 2. The maximum absolute atomic E-state index is 12.0. The summed E-state index contributed by atoms with van der Waals surface area (Å²) < 4.78 is 5.32. The van der Waals surface area contributed by atoms with Gasteiger partial charge in [0.2, 0.25) is 5.88 Å². The number of fused-ring (bicyclic) bond motifs is 1. The van der Waals surface area contributed by atoms with Crippen molar-refractivity contribution in [2.24, 2.45) is 5.92 Å². The molecule has 2 aromatic rings. The lowest BCUT2D eigenvalue weighted by atomic mass is 9.87. The Morgan fingerprint density at radius 1 is 1.27 bits per heavy atom. The molecule has 0 spiro atoms. The Morgan fingerprint density at radius 2 is 2.00 bits per heavy atom. The van der Waals surface area contributed by atoms with E-state index in [4.69, 9.17) is 27.9 Å². The molecule has 118 valence electrons. The number of benzene rings is 1. The van der Waals surface area contributed by atoms with Crippen LogP contribution in [0.5, 0.6) is 5.88 Å². The first-order chi connectivity index (χ1) is 10.5. The molecule has 1 heterocycles. The van der Waals surface area contributed by atoms with E-state index in [0.717, 1.165) is 37.0 Å². The van der Waals surface area contributed by atoms with Crippen molar-refractivity contribution < 1.29 is 9.53 Å². The molecule has 4 nitrogen and oxygen atoms in total. The number of hydrogen-bond donors (Lipinski definition) is 2. The molecule has 0 aliphatic heterocycles. The molecular formula is C16H18Cl2N2O2. The predicted octanol–water partition coefficient (Wildman–Crippen LogP) is 5.14. The summed E-state index contributed by atoms with van der Waals surface area (Å²) in [5.74, 6) is 1.11. The topological polar surface area (TPSA) is 54.1 Å². The van der Waals surface area contributed by atoms with Gasteiger partial charge in [0.15, 0.2) is 0 Å². The third-order valence-electron chi connectivity index (χ3n) is 4.20. The molecule has 1 aliphatic rings. The first kappa shape index (κ1) is 15.5. The van der Waals surface area contributed by atoms with Crippen LogP contribution in [0.3, 0.4) is 0 Å². The van der Waals surface area contributed by atoms with Crippen molar-refractivity contribution >= 4 is 40.2 Å². The van der Waals surface area contributed by atoms with Gasteiger partial charge < -0.3 is 15.0 Å². The summed E-state index contributed by atoms with van der Waals surface area (Å²) in [7, 11) is 0. The molecule has 0 bridgehead atoms. The van der Waals surface area contributed by atoms with E-state index in [9.17, 15) is 4.79 Å². The number of rotatable bonds is 2. The molecule has 0 radical (unpaired) electrons. The standard InChI is InChI=1S/C16H18Cl2N2O2/c1-9-2-5-11(6-3-9)19-16(21)22-13-8-10-4-7-12(17)14(18)15(10)20-13/h4,7-9,11,20H,2-3,5-6H2,1H3,(H,19,21). The zero-order valence-electron chi connectivity index (χ0n) is 12.3. The SMILES string of the molecule is CC1CCC(NC(=O)Oc2cc3ccc(Cl)c(Cl)c3[nH]2)CC1. The fourth-order valence-corrected chi connectivity index (χ4v) is 3.25. The molecule has 1 aromatic heterocycles. The highest BCUT2D eigenvalue weighted by Gasteiger charge is 2.21. The predicted molar refractivity (Wildman–Crippen MR) is 88.9 cm³/mol. The first-order valence-corrected chi connectivity index (χ1v) is 8.23. The molecule has 2 N–H and O–H groups in total. The van der Waals surface area contributed by atoms with Crippen LogP contribution in [0.2, 0.25) is 10.0 Å². The molecule has 3 rings (SSSR count). The number of hydrogen-bond acceptors (Lipinski definition) is 2. The molecule has 22 heavy (non-hydrogen) atoms. The minimum absolute atomic E-state index is 0.200. The van der Waals surface area contributed by atoms with E-state index in [1.807, 2.05) is 6.07 Å². The van der Waals surface area contributed by atoms with Crippen LogP contribution in [0.25, 0.3) is 10.9 Å². The van der Waals surface area contributed by atoms with Crippen LogP contribution in [-0.2, 0) is 0 Å². The summed E-state index contributed by atoms with van der Waals surface area (Å²) in [6.45, 7) is 2.24. The zero-order valence-corrected chi connectivity index (χ0v) is 13.8. The fourth-order valence-electron chi connectivity index (χ4n) is 2.87. The molecule has 1 aromatic carbocycles. The normalized spacial score (nSPS) is 21.8. The number of carbonyl (C=O) groups excluding carboxylic acids is 1. The number of H-pyrrole nitrogens is 1. The Kier molecular flexibility index (Phi) is 4.50. The van der Waals surface area contributed by atoms with Crippen LogP contribution in [0.4, 0.5) is 4.79 Å². The van der Waals surface area contributed by atoms with Gasteiger partial charge in [0.1, 0.15) is 0 Å². The second kappa shape index (κ2) is 6.39. The molecule has 6 heteroatoms. The smallest absolute Gasteiger partial charge is 0.393 e. The molecule has 1 fully saturated rings. The quantitative estimate of drug-likeness (QED) is 0.794. The van der Waals surface area contributed by atoms with Gasteiger partial charge in [0.25, 0.3) is 0 Å². The van der Waals surface area contributed by atoms with Crippen LogP contribution in [-0.4, -0.2) is 17.1 Å². The van der Waals surface area contributed by atoms with E-state index in [0.29, 0.717) is 21.4 Å². The summed E-state index contributed by atoms with van der Waals surface area (Å²) in [5.41, 5.74) is 0.670. The largest absolute Gasteiger partial charge is 0.414 e. The Hall–Kier alpha value is -1.39. The summed E-state index contributed by atoms with van der Waals surface area (Å²) in [4.78, 5) is 15.0. The average Bonchev–Trinajstić information content (AvgIpc) is 2.89. The minimum atomic E-state index is -0.437. The fraction of sp³-hybridized carbons (Fsp3) is 0.438. The summed E-state index contributed by atoms with van der Waals surface area (Å²) >= 11 is 12.1. The number of carbonyl (C=O) groups is 1. The van der Waals surface area contributed by atoms with Crippen molar-refractivity contribution in [3.63, 3.8) is 0 Å². The maximum Gasteiger partial charge on any atom is 0.414 e. The average molecular weight is 341 g/mol. The maximum atomic E-state index is 12.0. The summed E-state index contributed by atoms with van der Waals surface area (Å²) in [6, 6.07) is 5.48. The van der Waals surface area contributed by atoms with Gasteiger partial charge in [-0.15, -0.1) is 0 Å². The second-order valence-corrected chi connectivity index (χ2v) is 6.74. The molecule has 1 amide bonds. The van der Waals surface area contributed by atoms with Gasteiger partial charge in [-0.3, -0.25) is 0 Å². The van der Waals surface area contributed by atoms with Gasteiger partial charge in [-0.25, -0.2) is 4.79 Å². The highest BCUT2D eigenvalue weighted by molar-refractivity contribution is 6.45. The first-order valence-electron chi connectivity index (χ1n) is 7.48. The van der Waals surface area contributed by atoms with E-state index in [2.05, 4.69) is 17.2 Å². The Labute approximate surface area is 139 Å². The number of aromatic amines is 1. The number of aromatic nitrogens is 1. The van der Waals surface area contributed by atoms with Gasteiger partial charge in [-0.05, 0) is 37.7 Å². The Balaban J connectivity index is 1.65. The van der Waals surface area contributed by atoms with Crippen molar-refractivity contribution in [1.82, 2.24) is 10.3 Å². The van der Waals surface area contributed by atoms with Crippen molar-refractivity contribution in [1.29, 1.82) is 0 Å². The highest BCUT2D eigenvalue weighted by Crippen LogP contribution is 2.32. The third kappa shape index (κ3) is 3.33. The molecule has 1 saturated carbocycles. The molecule has 0 atom stereocenters. The molecular weight excluding hydrogens is 323 g/mol. The van der Waals surface area contributed by atoms with E-state index in [1.165, 1.54) is 0 Å². The van der Waals surface area contributed by atoms with E-state index < -0.39 is 6.09 Å². The number of ether oxygens (including phenoxy) is 1. The van der Waals surface area contributed by atoms with Gasteiger partial charge in [-0.2, -0.15) is 0 Å². The number of nitrogens with one attached hydrogen (secondary N) is 2. The zero-order chi connectivity index (χ0) is 15.7. The van der Waals surface area contributed by atoms with Gasteiger partial charge in [0, 0.05) is 17.5 Å². The van der Waals surface area contributed by atoms with E-state index in [-0.39, 0.29) is 6.04 Å². The highest BCUT2D eigenvalue weighted by atomic mass is 35.5. The van der Waals surface area contributed by atoms with Crippen molar-refractivity contribution in [3.05, 3.63) is 28.2 Å². The Morgan fingerprint density at radius 3 is 2.73 bits per heavy atom. The van der Waals surface area contributed by atoms with Crippen LogP contribution in [0.1, 0.15) is 32.6 Å². The lowest BCUT2D eigenvalue weighted by Gasteiger charge is -2.26. The summed E-state index contributed by atoms with van der Waals surface area (Å²) in [6.07, 6.45) is 3.86. The molecule has 0 unspecified atom stereocenters. The monoisotopic (exact) mass is 340 g/mol. The van der Waals surface area contributed by atoms with Crippen molar-refractivity contribution in [2.75, 3.05) is 0 Å². The van der Waals surface area contributed by atoms with Crippen LogP contribution >= 0.6 is 23.2 Å². The van der Waals surface area contributed by atoms with Gasteiger partial charge >= 0.3 is 6.09 Å². The van der Waals surface area contributed by atoms with Gasteiger partial charge in [-0.1, -0.05) is 36.2 Å². The van der Waals surface area contributed by atoms with Gasteiger partial charge in [0.05, 0.1) is 15.6 Å². The lowest BCUT2D eigenvalue weighted by molar-refractivity contribution is 0.187. The molecule has 1 aliphatic carbocycles. The number of amides is 1. The van der Waals surface area contributed by atoms with E-state index >= 15 is 0 Å². The van der Waals surface area contributed by atoms with Crippen LogP contribution in [0.15, 0.2) is 18.2 Å². The summed E-state index contributed by atoms with van der Waals surface area (Å²) in [5, 5.41) is 4.66. The molecule has 0 saturated heterocycles. The van der Waals surface area contributed by atoms with E-state index in [1.54, 1.807) is 12.1 Å². The Bertz CT molecular complexity index is 691. The second-order valence-electron chi connectivity index (χ2n) is 5.95. The van der Waals surface area contributed by atoms with Crippen LogP contribution < -0.4 is 10.1 Å². The minimum Gasteiger partial charge on any atom is -0.393 e.